The average Bonchev–Trinajstić information content (AvgIpc) is 2.88. The van der Waals surface area contributed by atoms with E-state index in [9.17, 15) is 13.2 Å². The van der Waals surface area contributed by atoms with Crippen LogP contribution in [0.1, 0.15) is 19.4 Å². The minimum Gasteiger partial charge on any atom is -0.330 e. The predicted molar refractivity (Wildman–Crippen MR) is 85.0 cm³/mol. The molecule has 3 rings (SSSR count). The molecule has 0 atom stereocenters. The van der Waals surface area contributed by atoms with Gasteiger partial charge in [-0.2, -0.15) is 13.2 Å². The van der Waals surface area contributed by atoms with E-state index in [0.29, 0.717) is 5.92 Å². The summed E-state index contributed by atoms with van der Waals surface area (Å²) in [6.45, 7) is 5.12. The van der Waals surface area contributed by atoms with Gasteiger partial charge in [-0.25, -0.2) is 4.98 Å². The van der Waals surface area contributed by atoms with E-state index < -0.39 is 11.7 Å². The fourth-order valence-electron chi connectivity index (χ4n) is 2.63. The number of benzene rings is 2. The maximum Gasteiger partial charge on any atom is 0.416 e. The van der Waals surface area contributed by atoms with Crippen LogP contribution in [0.2, 0.25) is 0 Å². The summed E-state index contributed by atoms with van der Waals surface area (Å²) < 4.78 is 40.0. The second-order valence-electron chi connectivity index (χ2n) is 6.07. The lowest BCUT2D eigenvalue weighted by Gasteiger charge is -2.10. The summed E-state index contributed by atoms with van der Waals surface area (Å²) in [6.07, 6.45) is -2.50. The van der Waals surface area contributed by atoms with Crippen LogP contribution < -0.4 is 0 Å². The first-order valence-electron chi connectivity index (χ1n) is 7.47. The highest BCUT2D eigenvalue weighted by Gasteiger charge is 2.29. The third kappa shape index (κ3) is 3.23. The Labute approximate surface area is 132 Å². The van der Waals surface area contributed by atoms with Crippen LogP contribution in [0.15, 0.2) is 48.8 Å². The Kier molecular flexibility index (Phi) is 3.88. The first-order chi connectivity index (χ1) is 10.8. The van der Waals surface area contributed by atoms with Crippen LogP contribution in [0.4, 0.5) is 13.2 Å². The summed E-state index contributed by atoms with van der Waals surface area (Å²) in [4.78, 5) is 4.37. The second kappa shape index (κ2) is 5.72. The van der Waals surface area contributed by atoms with Gasteiger partial charge in [0.1, 0.15) is 0 Å². The molecule has 0 N–H and O–H groups in total. The van der Waals surface area contributed by atoms with Gasteiger partial charge in [0.15, 0.2) is 0 Å². The summed E-state index contributed by atoms with van der Waals surface area (Å²) in [5.74, 6) is 0.488. The highest BCUT2D eigenvalue weighted by molar-refractivity contribution is 5.82. The van der Waals surface area contributed by atoms with E-state index in [2.05, 4.69) is 23.4 Å². The lowest BCUT2D eigenvalue weighted by atomic mass is 10.0. The zero-order chi connectivity index (χ0) is 16.6. The topological polar surface area (TPSA) is 17.8 Å². The summed E-state index contributed by atoms with van der Waals surface area (Å²) in [7, 11) is 0. The van der Waals surface area contributed by atoms with Crippen molar-refractivity contribution >= 4 is 11.0 Å². The van der Waals surface area contributed by atoms with Crippen LogP contribution in [0.5, 0.6) is 0 Å². The van der Waals surface area contributed by atoms with E-state index in [1.807, 2.05) is 18.2 Å². The number of alkyl halides is 3. The van der Waals surface area contributed by atoms with Crippen LogP contribution in [0.25, 0.3) is 22.2 Å². The SMILES string of the molecule is CC(C)Cn1cnc2ccc(-c3ccc(C(F)(F)F)cc3)cc21. The molecule has 120 valence electrons. The number of aromatic nitrogens is 2. The van der Waals surface area contributed by atoms with Crippen molar-refractivity contribution in [2.75, 3.05) is 0 Å². The van der Waals surface area contributed by atoms with E-state index in [1.54, 1.807) is 6.33 Å². The zero-order valence-electron chi connectivity index (χ0n) is 12.9. The Hall–Kier alpha value is -2.30. The molecule has 0 amide bonds. The van der Waals surface area contributed by atoms with Crippen LogP contribution in [-0.4, -0.2) is 9.55 Å². The third-order valence-electron chi connectivity index (χ3n) is 3.73. The highest BCUT2D eigenvalue weighted by Crippen LogP contribution is 2.31. The standard InChI is InChI=1S/C18H17F3N2/c1-12(2)10-23-11-22-16-8-5-14(9-17(16)23)13-3-6-15(7-4-13)18(19,20)21/h3-9,11-12H,10H2,1-2H3. The Morgan fingerprint density at radius 1 is 1.00 bits per heavy atom. The summed E-state index contributed by atoms with van der Waals surface area (Å²) in [5.41, 5.74) is 2.90. The van der Waals surface area contributed by atoms with Crippen molar-refractivity contribution in [3.63, 3.8) is 0 Å². The van der Waals surface area contributed by atoms with Gasteiger partial charge in [0.05, 0.1) is 22.9 Å². The van der Waals surface area contributed by atoms with Crippen LogP contribution >= 0.6 is 0 Å². The lowest BCUT2D eigenvalue weighted by Crippen LogP contribution is -2.04. The predicted octanol–water partition coefficient (Wildman–Crippen LogP) is 5.38. The number of halogens is 3. The molecule has 3 aromatic rings. The van der Waals surface area contributed by atoms with E-state index in [-0.39, 0.29) is 0 Å². The summed E-state index contributed by atoms with van der Waals surface area (Å²) >= 11 is 0. The number of hydrogen-bond donors (Lipinski definition) is 0. The molecule has 5 heteroatoms. The molecule has 1 heterocycles. The van der Waals surface area contributed by atoms with Gasteiger partial charge in [-0.05, 0) is 41.3 Å². The van der Waals surface area contributed by atoms with Gasteiger partial charge in [-0.15, -0.1) is 0 Å². The Morgan fingerprint density at radius 2 is 1.65 bits per heavy atom. The Bertz CT molecular complexity index is 814. The van der Waals surface area contributed by atoms with Crippen LogP contribution in [0.3, 0.4) is 0 Å². The summed E-state index contributed by atoms with van der Waals surface area (Å²) in [6, 6.07) is 11.0. The average molecular weight is 318 g/mol. The fourth-order valence-corrected chi connectivity index (χ4v) is 2.63. The molecule has 0 saturated carbocycles. The lowest BCUT2D eigenvalue weighted by molar-refractivity contribution is -0.137. The first kappa shape index (κ1) is 15.6. The van der Waals surface area contributed by atoms with Crippen molar-refractivity contribution in [1.82, 2.24) is 9.55 Å². The number of fused-ring (bicyclic) bond motifs is 1. The van der Waals surface area contributed by atoms with Gasteiger partial charge >= 0.3 is 6.18 Å². The maximum atomic E-state index is 12.7. The van der Waals surface area contributed by atoms with Gasteiger partial charge in [0, 0.05) is 6.54 Å². The molecule has 0 radical (unpaired) electrons. The third-order valence-corrected chi connectivity index (χ3v) is 3.73. The minimum atomic E-state index is -4.31. The highest BCUT2D eigenvalue weighted by atomic mass is 19.4. The van der Waals surface area contributed by atoms with Crippen LogP contribution in [0, 0.1) is 5.92 Å². The molecule has 0 aliphatic carbocycles. The molecular weight excluding hydrogens is 301 g/mol. The van der Waals surface area contributed by atoms with Crippen molar-refractivity contribution < 1.29 is 13.2 Å². The maximum absolute atomic E-state index is 12.7. The number of nitrogens with zero attached hydrogens (tertiary/aromatic N) is 2. The number of imidazole rings is 1. The van der Waals surface area contributed by atoms with Crippen LogP contribution in [-0.2, 0) is 12.7 Å². The van der Waals surface area contributed by atoms with Crippen molar-refractivity contribution in [1.29, 1.82) is 0 Å². The van der Waals surface area contributed by atoms with Gasteiger partial charge in [0.2, 0.25) is 0 Å². The van der Waals surface area contributed by atoms with Gasteiger partial charge in [-0.1, -0.05) is 32.0 Å². The normalized spacial score (nSPS) is 12.3. The Balaban J connectivity index is 1.99. The fraction of sp³-hybridized carbons (Fsp3) is 0.278. The van der Waals surface area contributed by atoms with Gasteiger partial charge in [-0.3, -0.25) is 0 Å². The smallest absolute Gasteiger partial charge is 0.330 e. The van der Waals surface area contributed by atoms with Crippen molar-refractivity contribution in [2.45, 2.75) is 26.6 Å². The second-order valence-corrected chi connectivity index (χ2v) is 6.07. The molecule has 1 aromatic heterocycles. The molecule has 23 heavy (non-hydrogen) atoms. The number of hydrogen-bond acceptors (Lipinski definition) is 1. The first-order valence-corrected chi connectivity index (χ1v) is 7.47. The molecular formula is C18H17F3N2. The molecule has 0 saturated heterocycles. The van der Waals surface area contributed by atoms with Crippen molar-refractivity contribution in [3.8, 4) is 11.1 Å². The van der Waals surface area contributed by atoms with E-state index >= 15 is 0 Å². The molecule has 0 aliphatic rings. The zero-order valence-corrected chi connectivity index (χ0v) is 12.9. The Morgan fingerprint density at radius 3 is 2.26 bits per heavy atom. The summed E-state index contributed by atoms with van der Waals surface area (Å²) in [5, 5.41) is 0. The number of rotatable bonds is 3. The van der Waals surface area contributed by atoms with E-state index in [0.717, 1.165) is 40.8 Å². The molecule has 2 aromatic carbocycles. The molecule has 0 bridgehead atoms. The van der Waals surface area contributed by atoms with E-state index in [4.69, 9.17) is 0 Å². The van der Waals surface area contributed by atoms with Crippen molar-refractivity contribution in [2.24, 2.45) is 5.92 Å². The molecule has 0 fully saturated rings. The monoisotopic (exact) mass is 318 g/mol. The molecule has 0 aliphatic heterocycles. The quantitative estimate of drug-likeness (QED) is 0.634. The molecule has 0 spiro atoms. The van der Waals surface area contributed by atoms with E-state index in [1.165, 1.54) is 12.1 Å². The largest absolute Gasteiger partial charge is 0.416 e. The molecule has 0 unspecified atom stereocenters. The minimum absolute atomic E-state index is 0.488. The molecule has 2 nitrogen and oxygen atoms in total. The van der Waals surface area contributed by atoms with Crippen molar-refractivity contribution in [3.05, 3.63) is 54.4 Å². The van der Waals surface area contributed by atoms with Gasteiger partial charge < -0.3 is 4.57 Å². The van der Waals surface area contributed by atoms with Gasteiger partial charge in [0.25, 0.3) is 0 Å².